The molecular formula is C7H13BrO. The standard InChI is InChI=1S/C7H13BrO/c1-2-3-4-7(8)5-6-9/h6-7H,2-5H2,1H3. The highest BCUT2D eigenvalue weighted by atomic mass is 79.9. The third kappa shape index (κ3) is 6.03. The van der Waals surface area contributed by atoms with Crippen molar-refractivity contribution in [2.75, 3.05) is 0 Å². The summed E-state index contributed by atoms with van der Waals surface area (Å²) < 4.78 is 0. The van der Waals surface area contributed by atoms with Crippen LogP contribution in [0.15, 0.2) is 0 Å². The topological polar surface area (TPSA) is 17.1 Å². The molecule has 54 valence electrons. The first-order valence-corrected chi connectivity index (χ1v) is 4.30. The molecule has 0 heterocycles. The molecule has 0 amide bonds. The first-order valence-electron chi connectivity index (χ1n) is 3.39. The van der Waals surface area contributed by atoms with E-state index in [0.717, 1.165) is 12.7 Å². The molecule has 1 unspecified atom stereocenters. The molecule has 0 rings (SSSR count). The summed E-state index contributed by atoms with van der Waals surface area (Å²) in [5.41, 5.74) is 0. The molecule has 0 aliphatic carbocycles. The van der Waals surface area contributed by atoms with E-state index in [1.807, 2.05) is 0 Å². The summed E-state index contributed by atoms with van der Waals surface area (Å²) in [6, 6.07) is 0. The minimum Gasteiger partial charge on any atom is -0.303 e. The van der Waals surface area contributed by atoms with E-state index in [2.05, 4.69) is 22.9 Å². The third-order valence-electron chi connectivity index (χ3n) is 1.22. The second-order valence-electron chi connectivity index (χ2n) is 2.14. The van der Waals surface area contributed by atoms with Crippen molar-refractivity contribution in [3.8, 4) is 0 Å². The van der Waals surface area contributed by atoms with Gasteiger partial charge in [0.1, 0.15) is 6.29 Å². The smallest absolute Gasteiger partial charge is 0.121 e. The fraction of sp³-hybridized carbons (Fsp3) is 0.857. The van der Waals surface area contributed by atoms with Crippen molar-refractivity contribution >= 4 is 22.2 Å². The van der Waals surface area contributed by atoms with Gasteiger partial charge < -0.3 is 4.79 Å². The lowest BCUT2D eigenvalue weighted by Gasteiger charge is -2.01. The predicted octanol–water partition coefficient (Wildman–Crippen LogP) is 2.53. The van der Waals surface area contributed by atoms with Gasteiger partial charge in [-0.1, -0.05) is 35.7 Å². The van der Waals surface area contributed by atoms with Crippen LogP contribution >= 0.6 is 15.9 Å². The van der Waals surface area contributed by atoms with E-state index in [-0.39, 0.29) is 0 Å². The minimum absolute atomic E-state index is 0.412. The van der Waals surface area contributed by atoms with Crippen LogP contribution in [0.1, 0.15) is 32.6 Å². The van der Waals surface area contributed by atoms with Crippen LogP contribution in [0.2, 0.25) is 0 Å². The summed E-state index contributed by atoms with van der Waals surface area (Å²) in [4.78, 5) is 10.4. The van der Waals surface area contributed by atoms with Gasteiger partial charge in [0.05, 0.1) is 0 Å². The molecule has 2 heteroatoms. The molecule has 0 aromatic rings. The zero-order valence-electron chi connectivity index (χ0n) is 5.77. The highest BCUT2D eigenvalue weighted by Gasteiger charge is 1.99. The summed E-state index contributed by atoms with van der Waals surface area (Å²) in [5.74, 6) is 0. The molecule has 0 N–H and O–H groups in total. The van der Waals surface area contributed by atoms with Crippen LogP contribution in [0, 0.1) is 0 Å². The van der Waals surface area contributed by atoms with Gasteiger partial charge in [-0.05, 0) is 6.42 Å². The van der Waals surface area contributed by atoms with Crippen molar-refractivity contribution in [3.05, 3.63) is 0 Å². The SMILES string of the molecule is CCCCC(Br)CC=O. The molecule has 9 heavy (non-hydrogen) atoms. The number of aldehydes is 1. The summed E-state index contributed by atoms with van der Waals surface area (Å²) in [6.45, 7) is 2.15. The third-order valence-corrected chi connectivity index (χ3v) is 2.05. The van der Waals surface area contributed by atoms with Crippen molar-refractivity contribution in [2.45, 2.75) is 37.4 Å². The number of carbonyl (C=O) groups excluding carboxylic acids is 1. The Morgan fingerprint density at radius 1 is 1.67 bits per heavy atom. The van der Waals surface area contributed by atoms with Gasteiger partial charge in [-0.25, -0.2) is 0 Å². The van der Waals surface area contributed by atoms with Gasteiger partial charge >= 0.3 is 0 Å². The monoisotopic (exact) mass is 192 g/mol. The molecule has 0 aliphatic rings. The van der Waals surface area contributed by atoms with Crippen molar-refractivity contribution in [2.24, 2.45) is 0 Å². The van der Waals surface area contributed by atoms with Crippen LogP contribution in [-0.4, -0.2) is 11.1 Å². The Morgan fingerprint density at radius 3 is 2.78 bits per heavy atom. The summed E-state index contributed by atoms with van der Waals surface area (Å²) in [5, 5.41) is 0. The van der Waals surface area contributed by atoms with Gasteiger partial charge in [-0.3, -0.25) is 0 Å². The Kier molecular flexibility index (Phi) is 6.38. The summed E-state index contributed by atoms with van der Waals surface area (Å²) in [7, 11) is 0. The average Bonchev–Trinajstić information content (AvgIpc) is 1.85. The van der Waals surface area contributed by atoms with Gasteiger partial charge in [0.2, 0.25) is 0 Å². The maximum Gasteiger partial charge on any atom is 0.121 e. The highest BCUT2D eigenvalue weighted by molar-refractivity contribution is 9.09. The van der Waals surface area contributed by atoms with Gasteiger partial charge in [-0.15, -0.1) is 0 Å². The Labute approximate surface area is 65.0 Å². The highest BCUT2D eigenvalue weighted by Crippen LogP contribution is 2.11. The molecule has 0 aliphatic heterocycles. The first kappa shape index (κ1) is 9.15. The Balaban J connectivity index is 3.04. The number of halogens is 1. The van der Waals surface area contributed by atoms with Gasteiger partial charge in [-0.2, -0.15) is 0 Å². The van der Waals surface area contributed by atoms with Crippen molar-refractivity contribution < 1.29 is 4.79 Å². The van der Waals surface area contributed by atoms with Crippen LogP contribution in [-0.2, 0) is 4.79 Å². The quantitative estimate of drug-likeness (QED) is 0.484. The van der Waals surface area contributed by atoms with Crippen LogP contribution in [0.25, 0.3) is 0 Å². The summed E-state index contributed by atoms with van der Waals surface area (Å²) in [6.07, 6.45) is 5.16. The van der Waals surface area contributed by atoms with E-state index in [1.54, 1.807) is 0 Å². The Bertz CT molecular complexity index is 73.3. The number of hydrogen-bond donors (Lipinski definition) is 0. The van der Waals surface area contributed by atoms with Gasteiger partial charge in [0.15, 0.2) is 0 Å². The molecule has 0 saturated carbocycles. The van der Waals surface area contributed by atoms with Crippen molar-refractivity contribution in [1.82, 2.24) is 0 Å². The molecule has 0 spiro atoms. The van der Waals surface area contributed by atoms with Crippen LogP contribution in [0.3, 0.4) is 0 Å². The average molecular weight is 193 g/mol. The minimum atomic E-state index is 0.412. The van der Waals surface area contributed by atoms with E-state index in [1.165, 1.54) is 12.8 Å². The molecule has 1 atom stereocenters. The van der Waals surface area contributed by atoms with Gasteiger partial charge in [0, 0.05) is 11.2 Å². The number of unbranched alkanes of at least 4 members (excludes halogenated alkanes) is 1. The number of rotatable bonds is 5. The Morgan fingerprint density at radius 2 is 2.33 bits per heavy atom. The molecule has 0 fully saturated rings. The van der Waals surface area contributed by atoms with Crippen molar-refractivity contribution in [1.29, 1.82) is 0 Å². The maximum absolute atomic E-state index is 9.95. The lowest BCUT2D eigenvalue weighted by atomic mass is 10.2. The molecular weight excluding hydrogens is 180 g/mol. The summed E-state index contributed by atoms with van der Waals surface area (Å²) >= 11 is 3.41. The van der Waals surface area contributed by atoms with E-state index in [4.69, 9.17) is 0 Å². The normalized spacial score (nSPS) is 13.1. The molecule has 0 radical (unpaired) electrons. The van der Waals surface area contributed by atoms with Crippen LogP contribution in [0.5, 0.6) is 0 Å². The zero-order valence-corrected chi connectivity index (χ0v) is 7.36. The molecule has 0 bridgehead atoms. The Hall–Kier alpha value is 0.150. The lowest BCUT2D eigenvalue weighted by molar-refractivity contribution is -0.107. The zero-order chi connectivity index (χ0) is 7.11. The predicted molar refractivity (Wildman–Crippen MR) is 42.9 cm³/mol. The van der Waals surface area contributed by atoms with Crippen LogP contribution in [0.4, 0.5) is 0 Å². The number of carbonyl (C=O) groups is 1. The number of alkyl halides is 1. The van der Waals surface area contributed by atoms with E-state index in [9.17, 15) is 4.79 Å². The maximum atomic E-state index is 9.95. The first-order chi connectivity index (χ1) is 4.31. The molecule has 0 aromatic heterocycles. The van der Waals surface area contributed by atoms with Crippen molar-refractivity contribution in [3.63, 3.8) is 0 Å². The van der Waals surface area contributed by atoms with E-state index < -0.39 is 0 Å². The molecule has 0 aromatic carbocycles. The second kappa shape index (κ2) is 6.27. The second-order valence-corrected chi connectivity index (χ2v) is 3.44. The molecule has 1 nitrogen and oxygen atoms in total. The number of hydrogen-bond acceptors (Lipinski definition) is 1. The fourth-order valence-electron chi connectivity index (χ4n) is 0.648. The van der Waals surface area contributed by atoms with Gasteiger partial charge in [0.25, 0.3) is 0 Å². The fourth-order valence-corrected chi connectivity index (χ4v) is 1.12. The van der Waals surface area contributed by atoms with E-state index in [0.29, 0.717) is 11.2 Å². The van der Waals surface area contributed by atoms with Crippen LogP contribution < -0.4 is 0 Å². The molecule has 0 saturated heterocycles. The lowest BCUT2D eigenvalue weighted by Crippen LogP contribution is -1.97. The largest absolute Gasteiger partial charge is 0.303 e. The van der Waals surface area contributed by atoms with E-state index >= 15 is 0 Å².